The fourth-order valence-corrected chi connectivity index (χ4v) is 2.14. The Bertz CT molecular complexity index is 846. The van der Waals surface area contributed by atoms with E-state index in [4.69, 9.17) is 12.2 Å². The molecule has 0 aliphatic heterocycles. The van der Waals surface area contributed by atoms with Crippen LogP contribution in [0.15, 0.2) is 53.6 Å². The van der Waals surface area contributed by atoms with Crippen molar-refractivity contribution < 1.29 is 18.4 Å². The highest BCUT2D eigenvalue weighted by Crippen LogP contribution is 2.23. The molecule has 0 spiro atoms. The van der Waals surface area contributed by atoms with Crippen LogP contribution >= 0.6 is 12.2 Å². The molecular weight excluding hydrogens is 366 g/mol. The number of nitrogens with zero attached hydrogens (tertiary/aromatic N) is 2. The van der Waals surface area contributed by atoms with Crippen LogP contribution in [0.25, 0.3) is 0 Å². The number of hydrogen-bond acceptors (Lipinski definition) is 5. The van der Waals surface area contributed by atoms with Gasteiger partial charge in [0, 0.05) is 11.6 Å². The van der Waals surface area contributed by atoms with Gasteiger partial charge in [0.1, 0.15) is 11.4 Å². The third kappa shape index (κ3) is 5.45. The summed E-state index contributed by atoms with van der Waals surface area (Å²) in [4.78, 5) is 10.4. The molecule has 2 N–H and O–H groups in total. The zero-order valence-corrected chi connectivity index (χ0v) is 14.3. The molecule has 0 aliphatic rings. The number of rotatable bonds is 6. The van der Waals surface area contributed by atoms with Crippen LogP contribution in [-0.4, -0.2) is 22.4 Å². The Morgan fingerprint density at radius 2 is 2.00 bits per heavy atom. The normalized spacial score (nSPS) is 11.2. The van der Waals surface area contributed by atoms with Crippen molar-refractivity contribution in [2.45, 2.75) is 13.5 Å². The Labute approximate surface area is 152 Å². The number of benzene rings is 2. The Kier molecular flexibility index (Phi) is 6.50. The molecule has 0 atom stereocenters. The zero-order chi connectivity index (χ0) is 19.1. The smallest absolute Gasteiger partial charge is 0.387 e. The standard InChI is InChI=1S/C16H14F2N4O3S/c1-10(11-5-4-6-12(9-11)25-15(17)18)20-21-16(26)19-13-7-2-3-8-14(13)22(23)24/h2-9,15H,1H3,(H2,19,21,26)/b20-10-. The second-order valence-electron chi connectivity index (χ2n) is 4.94. The van der Waals surface area contributed by atoms with Crippen molar-refractivity contribution in [3.8, 4) is 5.75 Å². The van der Waals surface area contributed by atoms with Gasteiger partial charge in [0.25, 0.3) is 5.69 Å². The number of nitrogens with one attached hydrogen (secondary N) is 2. The maximum Gasteiger partial charge on any atom is 0.387 e. The minimum Gasteiger partial charge on any atom is -0.435 e. The number of hydrogen-bond donors (Lipinski definition) is 2. The summed E-state index contributed by atoms with van der Waals surface area (Å²) in [6.45, 7) is -1.28. The minimum atomic E-state index is -2.92. The summed E-state index contributed by atoms with van der Waals surface area (Å²) in [6.07, 6.45) is 0. The monoisotopic (exact) mass is 380 g/mol. The molecule has 7 nitrogen and oxygen atoms in total. The van der Waals surface area contributed by atoms with Crippen LogP contribution in [0.4, 0.5) is 20.2 Å². The number of nitro groups is 1. The van der Waals surface area contributed by atoms with Crippen LogP contribution in [-0.2, 0) is 0 Å². The Morgan fingerprint density at radius 3 is 2.69 bits per heavy atom. The number of nitro benzene ring substituents is 1. The van der Waals surface area contributed by atoms with E-state index in [1.807, 2.05) is 0 Å². The highest BCUT2D eigenvalue weighted by atomic mass is 32.1. The fourth-order valence-electron chi connectivity index (χ4n) is 1.99. The fraction of sp³-hybridized carbons (Fsp3) is 0.125. The number of para-hydroxylation sites is 2. The van der Waals surface area contributed by atoms with E-state index < -0.39 is 11.5 Å². The summed E-state index contributed by atoms with van der Waals surface area (Å²) < 4.78 is 28.9. The van der Waals surface area contributed by atoms with E-state index in [1.54, 1.807) is 25.1 Å². The van der Waals surface area contributed by atoms with E-state index in [-0.39, 0.29) is 22.2 Å². The van der Waals surface area contributed by atoms with Crippen LogP contribution in [0.5, 0.6) is 5.75 Å². The van der Waals surface area contributed by atoms with Gasteiger partial charge < -0.3 is 10.1 Å². The van der Waals surface area contributed by atoms with Gasteiger partial charge in [0.05, 0.1) is 10.6 Å². The van der Waals surface area contributed by atoms with Gasteiger partial charge in [-0.3, -0.25) is 15.5 Å². The Balaban J connectivity index is 2.05. The first-order valence-corrected chi connectivity index (χ1v) is 7.67. The first kappa shape index (κ1) is 19.2. The summed E-state index contributed by atoms with van der Waals surface area (Å²) in [5, 5.41) is 17.7. The molecule has 0 aliphatic carbocycles. The summed E-state index contributed by atoms with van der Waals surface area (Å²) in [6, 6.07) is 12.0. The lowest BCUT2D eigenvalue weighted by atomic mass is 10.1. The number of hydrazone groups is 1. The topological polar surface area (TPSA) is 88.8 Å². The second-order valence-corrected chi connectivity index (χ2v) is 5.35. The van der Waals surface area contributed by atoms with Gasteiger partial charge in [-0.05, 0) is 37.3 Å². The van der Waals surface area contributed by atoms with Gasteiger partial charge in [-0.1, -0.05) is 24.3 Å². The van der Waals surface area contributed by atoms with Gasteiger partial charge >= 0.3 is 6.61 Å². The molecule has 0 heterocycles. The van der Waals surface area contributed by atoms with Crippen molar-refractivity contribution in [3.63, 3.8) is 0 Å². The van der Waals surface area contributed by atoms with Gasteiger partial charge in [-0.2, -0.15) is 13.9 Å². The molecule has 2 aromatic rings. The average Bonchev–Trinajstić information content (AvgIpc) is 2.59. The number of halogens is 2. The molecule has 0 saturated carbocycles. The largest absolute Gasteiger partial charge is 0.435 e. The quantitative estimate of drug-likeness (QED) is 0.342. The zero-order valence-electron chi connectivity index (χ0n) is 13.5. The molecule has 0 aromatic heterocycles. The molecule has 10 heteroatoms. The van der Waals surface area contributed by atoms with Gasteiger partial charge in [0.2, 0.25) is 0 Å². The van der Waals surface area contributed by atoms with Gasteiger partial charge in [-0.15, -0.1) is 0 Å². The number of anilines is 1. The highest BCUT2D eigenvalue weighted by Gasteiger charge is 2.13. The molecule has 2 rings (SSSR count). The molecule has 0 saturated heterocycles. The first-order chi connectivity index (χ1) is 12.4. The van der Waals surface area contributed by atoms with Crippen molar-refractivity contribution >= 4 is 34.4 Å². The van der Waals surface area contributed by atoms with Crippen molar-refractivity contribution in [2.75, 3.05) is 5.32 Å². The van der Waals surface area contributed by atoms with Gasteiger partial charge in [-0.25, -0.2) is 0 Å². The lowest BCUT2D eigenvalue weighted by molar-refractivity contribution is -0.383. The molecule has 0 fully saturated rings. The molecule has 2 aromatic carbocycles. The second kappa shape index (κ2) is 8.81. The summed E-state index contributed by atoms with van der Waals surface area (Å²) in [5.74, 6) is 0.00709. The van der Waals surface area contributed by atoms with E-state index in [9.17, 15) is 18.9 Å². The van der Waals surface area contributed by atoms with Crippen molar-refractivity contribution in [1.29, 1.82) is 0 Å². The maximum atomic E-state index is 12.3. The van der Waals surface area contributed by atoms with Crippen molar-refractivity contribution in [1.82, 2.24) is 5.43 Å². The SMILES string of the molecule is C/C(=N/NC(=S)Nc1ccccc1[N+](=O)[O-])c1cccc(OC(F)F)c1. The van der Waals surface area contributed by atoms with Crippen molar-refractivity contribution in [2.24, 2.45) is 5.10 Å². The van der Waals surface area contributed by atoms with E-state index in [0.717, 1.165) is 0 Å². The molecule has 0 unspecified atom stereocenters. The van der Waals surface area contributed by atoms with Gasteiger partial charge in [0.15, 0.2) is 5.11 Å². The number of thiocarbonyl (C=S) groups is 1. The molecule has 26 heavy (non-hydrogen) atoms. The maximum absolute atomic E-state index is 12.3. The van der Waals surface area contributed by atoms with Crippen LogP contribution in [0.1, 0.15) is 12.5 Å². The Morgan fingerprint density at radius 1 is 1.27 bits per heavy atom. The number of alkyl halides is 2. The minimum absolute atomic E-state index is 0.00709. The average molecular weight is 380 g/mol. The molecule has 136 valence electrons. The van der Waals surface area contributed by atoms with E-state index >= 15 is 0 Å². The first-order valence-electron chi connectivity index (χ1n) is 7.27. The lowest BCUT2D eigenvalue weighted by Crippen LogP contribution is -2.25. The van der Waals surface area contributed by atoms with E-state index in [2.05, 4.69) is 20.6 Å². The third-order valence-corrected chi connectivity index (χ3v) is 3.34. The Hall–Kier alpha value is -3.14. The number of ether oxygens (including phenoxy) is 1. The van der Waals surface area contributed by atoms with E-state index in [0.29, 0.717) is 11.3 Å². The summed E-state index contributed by atoms with van der Waals surface area (Å²) in [5.41, 5.74) is 3.64. The van der Waals surface area contributed by atoms with Crippen LogP contribution in [0, 0.1) is 10.1 Å². The molecule has 0 bridgehead atoms. The third-order valence-electron chi connectivity index (χ3n) is 3.15. The van der Waals surface area contributed by atoms with Crippen LogP contribution in [0.2, 0.25) is 0 Å². The summed E-state index contributed by atoms with van der Waals surface area (Å²) >= 11 is 5.06. The molecule has 0 amide bonds. The van der Waals surface area contributed by atoms with Crippen LogP contribution in [0.3, 0.4) is 0 Å². The molecule has 0 radical (unpaired) electrons. The molecular formula is C16H14F2N4O3S. The van der Waals surface area contributed by atoms with Crippen molar-refractivity contribution in [3.05, 3.63) is 64.2 Å². The summed E-state index contributed by atoms with van der Waals surface area (Å²) in [7, 11) is 0. The predicted molar refractivity (Wildman–Crippen MR) is 97.7 cm³/mol. The highest BCUT2D eigenvalue weighted by molar-refractivity contribution is 7.80. The predicted octanol–water partition coefficient (Wildman–Crippen LogP) is 3.91. The lowest BCUT2D eigenvalue weighted by Gasteiger charge is -2.09. The van der Waals surface area contributed by atoms with Crippen LogP contribution < -0.4 is 15.5 Å². The van der Waals surface area contributed by atoms with E-state index in [1.165, 1.54) is 30.3 Å².